The largest absolute Gasteiger partial charge is 0.466 e. The van der Waals surface area contributed by atoms with Crippen LogP contribution in [-0.2, 0) is 14.3 Å². The van der Waals surface area contributed by atoms with Gasteiger partial charge in [0.1, 0.15) is 5.78 Å². The zero-order chi connectivity index (χ0) is 10.8. The minimum absolute atomic E-state index is 0.140. The topological polar surface area (TPSA) is 43.4 Å². The first-order valence-electron chi connectivity index (χ1n) is 4.94. The van der Waals surface area contributed by atoms with E-state index in [9.17, 15) is 9.59 Å². The van der Waals surface area contributed by atoms with Gasteiger partial charge in [0, 0.05) is 12.8 Å². The Hall–Kier alpha value is -0.380. The lowest BCUT2D eigenvalue weighted by Gasteiger charge is -2.01. The quantitative estimate of drug-likeness (QED) is 0.384. The molecule has 0 fully saturated rings. The predicted octanol–water partition coefficient (Wildman–Crippen LogP) is 2.46. The number of esters is 1. The van der Waals surface area contributed by atoms with Crippen molar-refractivity contribution in [1.82, 2.24) is 0 Å². The number of carbonyl (C=O) groups is 2. The molecular weight excluding hydrogens is 248 g/mol. The van der Waals surface area contributed by atoms with E-state index >= 15 is 0 Å². The van der Waals surface area contributed by atoms with Crippen molar-refractivity contribution in [3.63, 3.8) is 0 Å². The molecule has 4 heteroatoms. The number of carbonyl (C=O) groups excluding carboxylic acids is 2. The first-order valence-corrected chi connectivity index (χ1v) is 6.06. The van der Waals surface area contributed by atoms with Crippen LogP contribution in [0.15, 0.2) is 0 Å². The number of halogens is 1. The van der Waals surface area contributed by atoms with Gasteiger partial charge >= 0.3 is 5.97 Å². The molecule has 0 amide bonds. The Morgan fingerprint density at radius 1 is 1.14 bits per heavy atom. The van der Waals surface area contributed by atoms with Gasteiger partial charge in [0.05, 0.1) is 11.9 Å². The summed E-state index contributed by atoms with van der Waals surface area (Å²) < 4.78 is 4.78. The summed E-state index contributed by atoms with van der Waals surface area (Å²) in [5.74, 6) is 0.0838. The predicted molar refractivity (Wildman–Crippen MR) is 58.5 cm³/mol. The van der Waals surface area contributed by atoms with E-state index in [1.807, 2.05) is 0 Å². The molecule has 0 heterocycles. The first kappa shape index (κ1) is 13.6. The Kier molecular flexibility index (Phi) is 8.94. The molecule has 0 aliphatic heterocycles. The number of alkyl halides is 1. The maximum Gasteiger partial charge on any atom is 0.305 e. The zero-order valence-corrected chi connectivity index (χ0v) is 10.1. The number of Topliss-reactive ketones (excluding diaryl/α,β-unsaturated/α-hetero) is 1. The van der Waals surface area contributed by atoms with Crippen molar-refractivity contribution in [2.24, 2.45) is 0 Å². The molecule has 14 heavy (non-hydrogen) atoms. The van der Waals surface area contributed by atoms with Crippen molar-refractivity contribution < 1.29 is 14.3 Å². The smallest absolute Gasteiger partial charge is 0.305 e. The lowest BCUT2D eigenvalue weighted by molar-refractivity contribution is -0.143. The molecule has 0 spiro atoms. The summed E-state index contributed by atoms with van der Waals surface area (Å²) in [6.45, 7) is 2.24. The first-order chi connectivity index (χ1) is 6.70. The van der Waals surface area contributed by atoms with E-state index in [1.165, 1.54) is 0 Å². The van der Waals surface area contributed by atoms with Gasteiger partial charge < -0.3 is 4.74 Å². The summed E-state index contributed by atoms with van der Waals surface area (Å²) in [6.07, 6.45) is 3.67. The Labute approximate surface area is 93.3 Å². The highest BCUT2D eigenvalue weighted by Gasteiger charge is 2.02. The maximum absolute atomic E-state index is 10.9. The zero-order valence-electron chi connectivity index (χ0n) is 8.55. The maximum atomic E-state index is 10.9. The average molecular weight is 265 g/mol. The average Bonchev–Trinajstić information content (AvgIpc) is 2.17. The molecule has 0 bridgehead atoms. The highest BCUT2D eigenvalue weighted by atomic mass is 79.9. The van der Waals surface area contributed by atoms with Gasteiger partial charge in [-0.1, -0.05) is 22.4 Å². The molecule has 0 unspecified atom stereocenters. The molecule has 3 nitrogen and oxygen atoms in total. The Morgan fingerprint density at radius 2 is 1.79 bits per heavy atom. The highest BCUT2D eigenvalue weighted by Crippen LogP contribution is 2.05. The fourth-order valence-electron chi connectivity index (χ4n) is 1.07. The normalized spacial score (nSPS) is 9.86. The van der Waals surface area contributed by atoms with E-state index in [0.29, 0.717) is 24.8 Å². The molecule has 0 rings (SSSR count). The SMILES string of the molecule is CCOC(=O)CCCCCC(=O)CBr. The number of unbranched alkanes of at least 4 members (excludes halogenated alkanes) is 2. The van der Waals surface area contributed by atoms with Crippen LogP contribution in [0.1, 0.15) is 39.0 Å². The number of hydrogen-bond acceptors (Lipinski definition) is 3. The second-order valence-corrected chi connectivity index (χ2v) is 3.60. The summed E-state index contributed by atoms with van der Waals surface area (Å²) in [5.41, 5.74) is 0. The van der Waals surface area contributed by atoms with Crippen molar-refractivity contribution in [1.29, 1.82) is 0 Å². The molecule has 0 aliphatic rings. The standard InChI is InChI=1S/C10H17BrO3/c1-2-14-10(13)7-5-3-4-6-9(12)8-11/h2-8H2,1H3. The number of rotatable bonds is 8. The van der Waals surface area contributed by atoms with Crippen LogP contribution in [0, 0.1) is 0 Å². The summed E-state index contributed by atoms with van der Waals surface area (Å²) in [6, 6.07) is 0. The van der Waals surface area contributed by atoms with Crippen LogP contribution in [0.5, 0.6) is 0 Å². The van der Waals surface area contributed by atoms with E-state index in [4.69, 9.17) is 4.74 Å². The van der Waals surface area contributed by atoms with E-state index < -0.39 is 0 Å². The molecular formula is C10H17BrO3. The molecule has 0 saturated heterocycles. The van der Waals surface area contributed by atoms with Crippen LogP contribution in [0.25, 0.3) is 0 Å². The van der Waals surface area contributed by atoms with Gasteiger partial charge in [0.2, 0.25) is 0 Å². The lowest BCUT2D eigenvalue weighted by atomic mass is 10.1. The van der Waals surface area contributed by atoms with Crippen LogP contribution < -0.4 is 0 Å². The number of ether oxygens (including phenoxy) is 1. The second kappa shape index (κ2) is 9.19. The fraction of sp³-hybridized carbons (Fsp3) is 0.800. The summed E-state index contributed by atoms with van der Waals surface area (Å²) in [7, 11) is 0. The lowest BCUT2D eigenvalue weighted by Crippen LogP contribution is -2.03. The van der Waals surface area contributed by atoms with E-state index in [1.54, 1.807) is 6.92 Å². The van der Waals surface area contributed by atoms with Gasteiger partial charge in [-0.05, 0) is 19.8 Å². The van der Waals surface area contributed by atoms with Gasteiger partial charge in [-0.2, -0.15) is 0 Å². The Morgan fingerprint density at radius 3 is 2.36 bits per heavy atom. The molecule has 0 aromatic heterocycles. The minimum Gasteiger partial charge on any atom is -0.466 e. The van der Waals surface area contributed by atoms with Crippen LogP contribution >= 0.6 is 15.9 Å². The fourth-order valence-corrected chi connectivity index (χ4v) is 1.35. The molecule has 0 aliphatic carbocycles. The van der Waals surface area contributed by atoms with E-state index in [2.05, 4.69) is 15.9 Å². The van der Waals surface area contributed by atoms with E-state index in [-0.39, 0.29) is 11.8 Å². The van der Waals surface area contributed by atoms with Gasteiger partial charge in [0.15, 0.2) is 0 Å². The summed E-state index contributed by atoms with van der Waals surface area (Å²) in [4.78, 5) is 21.8. The molecule has 0 N–H and O–H groups in total. The van der Waals surface area contributed by atoms with Crippen molar-refractivity contribution in [3.05, 3.63) is 0 Å². The van der Waals surface area contributed by atoms with Crippen LogP contribution in [0.3, 0.4) is 0 Å². The molecule has 82 valence electrons. The Bertz CT molecular complexity index is 180. The minimum atomic E-state index is -0.140. The van der Waals surface area contributed by atoms with Crippen molar-refractivity contribution in [3.8, 4) is 0 Å². The molecule has 0 aromatic carbocycles. The Balaban J connectivity index is 3.21. The van der Waals surface area contributed by atoms with Crippen molar-refractivity contribution >= 4 is 27.7 Å². The van der Waals surface area contributed by atoms with Gasteiger partial charge in [-0.15, -0.1) is 0 Å². The number of ketones is 1. The molecule has 0 saturated carbocycles. The third kappa shape index (κ3) is 8.23. The third-order valence-corrected chi connectivity index (χ3v) is 2.42. The van der Waals surface area contributed by atoms with Gasteiger partial charge in [-0.25, -0.2) is 0 Å². The summed E-state index contributed by atoms with van der Waals surface area (Å²) in [5, 5.41) is 0.435. The van der Waals surface area contributed by atoms with Gasteiger partial charge in [0.25, 0.3) is 0 Å². The van der Waals surface area contributed by atoms with Crippen molar-refractivity contribution in [2.45, 2.75) is 39.0 Å². The van der Waals surface area contributed by atoms with Gasteiger partial charge in [-0.3, -0.25) is 9.59 Å². The molecule has 0 atom stereocenters. The highest BCUT2D eigenvalue weighted by molar-refractivity contribution is 9.09. The van der Waals surface area contributed by atoms with E-state index in [0.717, 1.165) is 19.3 Å². The van der Waals surface area contributed by atoms with Crippen LogP contribution in [0.2, 0.25) is 0 Å². The third-order valence-electron chi connectivity index (χ3n) is 1.79. The molecule has 0 aromatic rings. The second-order valence-electron chi connectivity index (χ2n) is 3.04. The molecule has 0 radical (unpaired) electrons. The van der Waals surface area contributed by atoms with Crippen LogP contribution in [0.4, 0.5) is 0 Å². The van der Waals surface area contributed by atoms with Crippen LogP contribution in [-0.4, -0.2) is 23.7 Å². The monoisotopic (exact) mass is 264 g/mol. The summed E-state index contributed by atoms with van der Waals surface area (Å²) >= 11 is 3.10. The van der Waals surface area contributed by atoms with Crippen molar-refractivity contribution in [2.75, 3.05) is 11.9 Å². The number of hydrogen-bond donors (Lipinski definition) is 0.